The SMILES string of the molecule is CN=C(NCC(=O)OC(C)(C)C)NC1CCC(C)CC1.I. The van der Waals surface area contributed by atoms with Crippen LogP contribution in [-0.4, -0.2) is 37.2 Å². The highest BCUT2D eigenvalue weighted by Crippen LogP contribution is 2.23. The monoisotopic (exact) mass is 411 g/mol. The molecule has 0 bridgehead atoms. The number of nitrogens with zero attached hydrogens (tertiary/aromatic N) is 1. The number of aliphatic imine (C=N–C) groups is 1. The molecule has 5 nitrogen and oxygen atoms in total. The van der Waals surface area contributed by atoms with E-state index in [1.807, 2.05) is 20.8 Å². The van der Waals surface area contributed by atoms with E-state index in [2.05, 4.69) is 22.5 Å². The van der Waals surface area contributed by atoms with Gasteiger partial charge in [-0.2, -0.15) is 0 Å². The van der Waals surface area contributed by atoms with Crippen molar-refractivity contribution in [2.24, 2.45) is 10.9 Å². The number of carbonyl (C=O) groups excluding carboxylic acids is 1. The molecule has 0 saturated heterocycles. The van der Waals surface area contributed by atoms with E-state index in [-0.39, 0.29) is 36.5 Å². The first kappa shape index (κ1) is 20.5. The van der Waals surface area contributed by atoms with E-state index < -0.39 is 5.60 Å². The maximum Gasteiger partial charge on any atom is 0.325 e. The molecule has 6 heteroatoms. The highest BCUT2D eigenvalue weighted by atomic mass is 127. The summed E-state index contributed by atoms with van der Waals surface area (Å²) >= 11 is 0. The van der Waals surface area contributed by atoms with Crippen LogP contribution in [0.3, 0.4) is 0 Å². The van der Waals surface area contributed by atoms with Crippen LogP contribution < -0.4 is 10.6 Å². The van der Waals surface area contributed by atoms with Gasteiger partial charge in [0, 0.05) is 13.1 Å². The molecule has 0 unspecified atom stereocenters. The molecule has 1 rings (SSSR count). The number of hydrogen-bond acceptors (Lipinski definition) is 3. The Balaban J connectivity index is 0.00000400. The van der Waals surface area contributed by atoms with Crippen molar-refractivity contribution >= 4 is 35.9 Å². The Bertz CT molecular complexity index is 345. The normalized spacial score (nSPS) is 23.0. The van der Waals surface area contributed by atoms with Crippen LogP contribution in [0.25, 0.3) is 0 Å². The van der Waals surface area contributed by atoms with Crippen LogP contribution in [0.1, 0.15) is 53.4 Å². The standard InChI is InChI=1S/C15H29N3O2.HI/c1-11-6-8-12(9-7-11)18-14(16-5)17-10-13(19)20-15(2,3)4;/h11-12H,6-10H2,1-5H3,(H2,16,17,18);1H. The van der Waals surface area contributed by atoms with Crippen molar-refractivity contribution in [2.45, 2.75) is 65.0 Å². The largest absolute Gasteiger partial charge is 0.459 e. The number of halogens is 1. The van der Waals surface area contributed by atoms with E-state index in [1.54, 1.807) is 7.05 Å². The molecule has 124 valence electrons. The van der Waals surface area contributed by atoms with Gasteiger partial charge in [0.25, 0.3) is 0 Å². The molecule has 1 fully saturated rings. The number of rotatable bonds is 3. The summed E-state index contributed by atoms with van der Waals surface area (Å²) in [7, 11) is 1.72. The molecule has 0 atom stereocenters. The second-order valence-corrected chi connectivity index (χ2v) is 6.61. The van der Waals surface area contributed by atoms with Gasteiger partial charge in [0.1, 0.15) is 12.1 Å². The summed E-state index contributed by atoms with van der Waals surface area (Å²) in [6.07, 6.45) is 4.82. The van der Waals surface area contributed by atoms with Crippen molar-refractivity contribution in [3.8, 4) is 0 Å². The highest BCUT2D eigenvalue weighted by molar-refractivity contribution is 14.0. The number of ether oxygens (including phenoxy) is 1. The second-order valence-electron chi connectivity index (χ2n) is 6.61. The summed E-state index contributed by atoms with van der Waals surface area (Å²) in [6, 6.07) is 0.455. The van der Waals surface area contributed by atoms with Crippen molar-refractivity contribution in [1.29, 1.82) is 0 Å². The predicted octanol–water partition coefficient (Wildman–Crippen LogP) is 2.69. The Morgan fingerprint density at radius 2 is 1.81 bits per heavy atom. The van der Waals surface area contributed by atoms with Crippen molar-refractivity contribution in [3.05, 3.63) is 0 Å². The summed E-state index contributed by atoms with van der Waals surface area (Å²) in [4.78, 5) is 15.8. The predicted molar refractivity (Wildman–Crippen MR) is 97.2 cm³/mol. The summed E-state index contributed by atoms with van der Waals surface area (Å²) in [6.45, 7) is 8.02. The number of guanidine groups is 1. The van der Waals surface area contributed by atoms with Gasteiger partial charge in [-0.3, -0.25) is 9.79 Å². The van der Waals surface area contributed by atoms with Crippen LogP contribution in [0, 0.1) is 5.92 Å². The van der Waals surface area contributed by atoms with Crippen LogP contribution in [0.2, 0.25) is 0 Å². The lowest BCUT2D eigenvalue weighted by molar-refractivity contribution is -0.153. The number of nitrogens with one attached hydrogen (secondary N) is 2. The quantitative estimate of drug-likeness (QED) is 0.325. The fraction of sp³-hybridized carbons (Fsp3) is 0.867. The summed E-state index contributed by atoms with van der Waals surface area (Å²) in [5, 5.41) is 6.39. The fourth-order valence-corrected chi connectivity index (χ4v) is 2.33. The van der Waals surface area contributed by atoms with E-state index in [9.17, 15) is 4.79 Å². The Morgan fingerprint density at radius 1 is 1.24 bits per heavy atom. The fourth-order valence-electron chi connectivity index (χ4n) is 2.33. The summed E-state index contributed by atoms with van der Waals surface area (Å²) in [5.74, 6) is 1.23. The Hall–Kier alpha value is -0.530. The molecule has 2 N–H and O–H groups in total. The van der Waals surface area contributed by atoms with Crippen molar-refractivity contribution in [2.75, 3.05) is 13.6 Å². The zero-order valence-electron chi connectivity index (χ0n) is 13.9. The lowest BCUT2D eigenvalue weighted by atomic mass is 9.87. The van der Waals surface area contributed by atoms with E-state index in [0.29, 0.717) is 12.0 Å². The zero-order chi connectivity index (χ0) is 15.2. The Morgan fingerprint density at radius 3 is 2.29 bits per heavy atom. The summed E-state index contributed by atoms with van der Waals surface area (Å²) in [5.41, 5.74) is -0.449. The van der Waals surface area contributed by atoms with E-state index in [0.717, 1.165) is 18.8 Å². The van der Waals surface area contributed by atoms with Gasteiger partial charge in [0.05, 0.1) is 0 Å². The first-order valence-electron chi connectivity index (χ1n) is 7.49. The number of carbonyl (C=O) groups is 1. The topological polar surface area (TPSA) is 62.7 Å². The Labute approximate surface area is 145 Å². The molecule has 0 aromatic rings. The molecule has 0 spiro atoms. The lowest BCUT2D eigenvalue weighted by Gasteiger charge is -2.28. The van der Waals surface area contributed by atoms with Gasteiger partial charge in [-0.15, -0.1) is 24.0 Å². The molecular weight excluding hydrogens is 381 g/mol. The van der Waals surface area contributed by atoms with Crippen LogP contribution in [0.4, 0.5) is 0 Å². The van der Waals surface area contributed by atoms with Crippen molar-refractivity contribution in [1.82, 2.24) is 10.6 Å². The van der Waals surface area contributed by atoms with Crippen LogP contribution in [-0.2, 0) is 9.53 Å². The molecule has 1 aliphatic rings. The highest BCUT2D eigenvalue weighted by Gasteiger charge is 2.20. The maximum absolute atomic E-state index is 11.6. The minimum Gasteiger partial charge on any atom is -0.459 e. The number of hydrogen-bond donors (Lipinski definition) is 2. The molecule has 0 aromatic heterocycles. The van der Waals surface area contributed by atoms with Gasteiger partial charge < -0.3 is 15.4 Å². The van der Waals surface area contributed by atoms with Gasteiger partial charge in [-0.1, -0.05) is 6.92 Å². The first-order valence-corrected chi connectivity index (χ1v) is 7.49. The average molecular weight is 411 g/mol. The molecule has 0 heterocycles. The van der Waals surface area contributed by atoms with E-state index in [4.69, 9.17) is 4.74 Å². The second kappa shape index (κ2) is 9.48. The van der Waals surface area contributed by atoms with Crippen LogP contribution >= 0.6 is 24.0 Å². The molecule has 0 aromatic carbocycles. The maximum atomic E-state index is 11.6. The molecule has 1 aliphatic carbocycles. The smallest absolute Gasteiger partial charge is 0.325 e. The van der Waals surface area contributed by atoms with E-state index >= 15 is 0 Å². The third-order valence-electron chi connectivity index (χ3n) is 3.40. The van der Waals surface area contributed by atoms with Crippen LogP contribution in [0.15, 0.2) is 4.99 Å². The Kier molecular flexibility index (Phi) is 9.24. The third kappa shape index (κ3) is 9.16. The number of esters is 1. The van der Waals surface area contributed by atoms with Crippen molar-refractivity contribution < 1.29 is 9.53 Å². The van der Waals surface area contributed by atoms with Gasteiger partial charge in [-0.05, 0) is 52.4 Å². The minimum absolute atomic E-state index is 0. The van der Waals surface area contributed by atoms with Crippen LogP contribution in [0.5, 0.6) is 0 Å². The molecule has 1 saturated carbocycles. The summed E-state index contributed by atoms with van der Waals surface area (Å²) < 4.78 is 5.25. The molecule has 0 amide bonds. The molecular formula is C15H30IN3O2. The molecule has 0 radical (unpaired) electrons. The first-order chi connectivity index (χ1) is 9.30. The molecule has 21 heavy (non-hydrogen) atoms. The van der Waals surface area contributed by atoms with E-state index in [1.165, 1.54) is 12.8 Å². The van der Waals surface area contributed by atoms with Gasteiger partial charge in [0.2, 0.25) is 0 Å². The lowest BCUT2D eigenvalue weighted by Crippen LogP contribution is -2.46. The zero-order valence-corrected chi connectivity index (χ0v) is 16.2. The minimum atomic E-state index is -0.449. The third-order valence-corrected chi connectivity index (χ3v) is 3.40. The van der Waals surface area contributed by atoms with Gasteiger partial charge >= 0.3 is 5.97 Å². The van der Waals surface area contributed by atoms with Gasteiger partial charge in [0.15, 0.2) is 5.96 Å². The average Bonchev–Trinajstić information content (AvgIpc) is 2.34. The van der Waals surface area contributed by atoms with Crippen molar-refractivity contribution in [3.63, 3.8) is 0 Å². The van der Waals surface area contributed by atoms with Gasteiger partial charge in [-0.25, -0.2) is 0 Å². The molecule has 0 aliphatic heterocycles.